The van der Waals surface area contributed by atoms with Gasteiger partial charge in [0.1, 0.15) is 0 Å². The fraction of sp³-hybridized carbons (Fsp3) is 0.588. The number of hydrogen-bond acceptors (Lipinski definition) is 2. The standard InChI is InChI=1S/C17H25BrN2O/c1-19-11-8-14-9-12-20(13-10-14)17(21)7-6-15-4-2-3-5-16(15)18/h2-5,14,19H,6-13H2,1H3. The molecule has 0 aromatic heterocycles. The summed E-state index contributed by atoms with van der Waals surface area (Å²) in [7, 11) is 2.00. The van der Waals surface area contributed by atoms with Crippen molar-refractivity contribution in [3.05, 3.63) is 34.3 Å². The average molecular weight is 353 g/mol. The van der Waals surface area contributed by atoms with E-state index in [1.54, 1.807) is 0 Å². The number of hydrogen-bond donors (Lipinski definition) is 1. The molecular formula is C17H25BrN2O. The van der Waals surface area contributed by atoms with E-state index in [1.165, 1.54) is 12.0 Å². The van der Waals surface area contributed by atoms with Gasteiger partial charge in [-0.2, -0.15) is 0 Å². The molecule has 1 fully saturated rings. The molecule has 1 aromatic rings. The van der Waals surface area contributed by atoms with E-state index in [9.17, 15) is 4.79 Å². The maximum Gasteiger partial charge on any atom is 0.222 e. The monoisotopic (exact) mass is 352 g/mol. The van der Waals surface area contributed by atoms with Gasteiger partial charge in [0.05, 0.1) is 0 Å². The predicted molar refractivity (Wildman–Crippen MR) is 90.3 cm³/mol. The zero-order chi connectivity index (χ0) is 15.1. The van der Waals surface area contributed by atoms with Crippen LogP contribution >= 0.6 is 15.9 Å². The molecule has 1 N–H and O–H groups in total. The molecule has 0 spiro atoms. The van der Waals surface area contributed by atoms with Crippen molar-refractivity contribution in [1.29, 1.82) is 0 Å². The molecule has 0 atom stereocenters. The van der Waals surface area contributed by atoms with Crippen molar-refractivity contribution in [1.82, 2.24) is 10.2 Å². The third kappa shape index (κ3) is 5.11. The number of nitrogens with one attached hydrogen (secondary N) is 1. The summed E-state index contributed by atoms with van der Waals surface area (Å²) >= 11 is 3.54. The molecule has 0 saturated carbocycles. The van der Waals surface area contributed by atoms with E-state index in [4.69, 9.17) is 0 Å². The Balaban J connectivity index is 1.74. The second-order valence-electron chi connectivity index (χ2n) is 5.81. The van der Waals surface area contributed by atoms with E-state index < -0.39 is 0 Å². The Kier molecular flexibility index (Phi) is 6.71. The van der Waals surface area contributed by atoms with Crippen LogP contribution < -0.4 is 5.32 Å². The third-order valence-corrected chi connectivity index (χ3v) is 5.11. The molecule has 0 bridgehead atoms. The lowest BCUT2D eigenvalue weighted by molar-refractivity contribution is -0.132. The molecule has 1 aliphatic heterocycles. The smallest absolute Gasteiger partial charge is 0.222 e. The number of amides is 1. The first kappa shape index (κ1) is 16.5. The highest BCUT2D eigenvalue weighted by atomic mass is 79.9. The number of carbonyl (C=O) groups is 1. The van der Waals surface area contributed by atoms with E-state index in [1.807, 2.05) is 30.1 Å². The van der Waals surface area contributed by atoms with E-state index >= 15 is 0 Å². The summed E-state index contributed by atoms with van der Waals surface area (Å²) in [5.74, 6) is 1.09. The summed E-state index contributed by atoms with van der Waals surface area (Å²) in [6.07, 6.45) is 4.98. The van der Waals surface area contributed by atoms with Gasteiger partial charge in [0.2, 0.25) is 5.91 Å². The van der Waals surface area contributed by atoms with Gasteiger partial charge >= 0.3 is 0 Å². The zero-order valence-corrected chi connectivity index (χ0v) is 14.4. The highest BCUT2D eigenvalue weighted by Crippen LogP contribution is 2.22. The summed E-state index contributed by atoms with van der Waals surface area (Å²) in [6.45, 7) is 2.95. The summed E-state index contributed by atoms with van der Waals surface area (Å²) in [4.78, 5) is 14.4. The van der Waals surface area contributed by atoms with Gasteiger partial charge in [-0.05, 0) is 56.8 Å². The molecule has 1 aliphatic rings. The lowest BCUT2D eigenvalue weighted by Gasteiger charge is -2.32. The van der Waals surface area contributed by atoms with Crippen LogP contribution in [0.25, 0.3) is 0 Å². The molecule has 2 rings (SSSR count). The molecule has 1 heterocycles. The highest BCUT2D eigenvalue weighted by molar-refractivity contribution is 9.10. The largest absolute Gasteiger partial charge is 0.343 e. The molecule has 4 heteroatoms. The molecule has 0 aliphatic carbocycles. The molecule has 1 saturated heterocycles. The number of rotatable bonds is 6. The number of halogens is 1. The highest BCUT2D eigenvalue weighted by Gasteiger charge is 2.22. The number of piperidine rings is 1. The Hall–Kier alpha value is -0.870. The van der Waals surface area contributed by atoms with E-state index in [2.05, 4.69) is 27.3 Å². The van der Waals surface area contributed by atoms with Crippen molar-refractivity contribution in [2.75, 3.05) is 26.7 Å². The average Bonchev–Trinajstić information content (AvgIpc) is 2.52. The van der Waals surface area contributed by atoms with Crippen LogP contribution in [-0.2, 0) is 11.2 Å². The van der Waals surface area contributed by atoms with Gasteiger partial charge in [-0.15, -0.1) is 0 Å². The van der Waals surface area contributed by atoms with E-state index in [0.29, 0.717) is 12.3 Å². The zero-order valence-electron chi connectivity index (χ0n) is 12.8. The van der Waals surface area contributed by atoms with Crippen LogP contribution in [0.3, 0.4) is 0 Å². The Morgan fingerprint density at radius 2 is 2.05 bits per heavy atom. The minimum atomic E-state index is 0.304. The van der Waals surface area contributed by atoms with Crippen molar-refractivity contribution in [3.8, 4) is 0 Å². The maximum absolute atomic E-state index is 12.3. The normalized spacial score (nSPS) is 16.2. The Bertz CT molecular complexity index is 456. The molecular weight excluding hydrogens is 328 g/mol. The van der Waals surface area contributed by atoms with Crippen molar-refractivity contribution in [2.24, 2.45) is 5.92 Å². The summed E-state index contributed by atoms with van der Waals surface area (Å²) in [6, 6.07) is 8.15. The van der Waals surface area contributed by atoms with Crippen LogP contribution in [-0.4, -0.2) is 37.5 Å². The molecule has 1 aromatic carbocycles. The number of benzene rings is 1. The fourth-order valence-corrected chi connectivity index (χ4v) is 3.40. The molecule has 0 unspecified atom stereocenters. The van der Waals surface area contributed by atoms with Gasteiger partial charge in [-0.25, -0.2) is 0 Å². The second kappa shape index (κ2) is 8.54. The molecule has 21 heavy (non-hydrogen) atoms. The molecule has 116 valence electrons. The first-order chi connectivity index (χ1) is 10.2. The second-order valence-corrected chi connectivity index (χ2v) is 6.66. The third-order valence-electron chi connectivity index (χ3n) is 4.34. The van der Waals surface area contributed by atoms with Crippen molar-refractivity contribution in [2.45, 2.75) is 32.1 Å². The van der Waals surface area contributed by atoms with Gasteiger partial charge in [0, 0.05) is 24.0 Å². The summed E-state index contributed by atoms with van der Waals surface area (Å²) in [5, 5.41) is 3.21. The quantitative estimate of drug-likeness (QED) is 0.852. The van der Waals surface area contributed by atoms with Crippen molar-refractivity contribution < 1.29 is 4.79 Å². The number of aryl methyl sites for hydroxylation is 1. The van der Waals surface area contributed by atoms with Crippen LogP contribution in [0.4, 0.5) is 0 Å². The molecule has 1 amide bonds. The Morgan fingerprint density at radius 1 is 1.33 bits per heavy atom. The van der Waals surface area contributed by atoms with Gasteiger partial charge < -0.3 is 10.2 Å². The van der Waals surface area contributed by atoms with Crippen LogP contribution in [0.1, 0.15) is 31.2 Å². The van der Waals surface area contributed by atoms with Gasteiger partial charge in [-0.1, -0.05) is 34.1 Å². The lowest BCUT2D eigenvalue weighted by atomic mass is 9.93. The number of carbonyl (C=O) groups excluding carboxylic acids is 1. The van der Waals surface area contributed by atoms with E-state index in [0.717, 1.165) is 49.3 Å². The fourth-order valence-electron chi connectivity index (χ4n) is 2.92. The van der Waals surface area contributed by atoms with Gasteiger partial charge in [-0.3, -0.25) is 4.79 Å². The minimum absolute atomic E-state index is 0.304. The lowest BCUT2D eigenvalue weighted by Crippen LogP contribution is -2.39. The van der Waals surface area contributed by atoms with Crippen LogP contribution in [0, 0.1) is 5.92 Å². The Labute approximate surface area is 136 Å². The first-order valence-corrected chi connectivity index (χ1v) is 8.65. The Morgan fingerprint density at radius 3 is 2.71 bits per heavy atom. The van der Waals surface area contributed by atoms with Crippen molar-refractivity contribution in [3.63, 3.8) is 0 Å². The van der Waals surface area contributed by atoms with Crippen molar-refractivity contribution >= 4 is 21.8 Å². The van der Waals surface area contributed by atoms with E-state index in [-0.39, 0.29) is 0 Å². The SMILES string of the molecule is CNCCC1CCN(C(=O)CCc2ccccc2Br)CC1. The summed E-state index contributed by atoms with van der Waals surface area (Å²) < 4.78 is 1.10. The number of nitrogens with zero attached hydrogens (tertiary/aromatic N) is 1. The summed E-state index contributed by atoms with van der Waals surface area (Å²) in [5.41, 5.74) is 1.22. The van der Waals surface area contributed by atoms with Crippen LogP contribution in [0.2, 0.25) is 0 Å². The van der Waals surface area contributed by atoms with Crippen LogP contribution in [0.15, 0.2) is 28.7 Å². The predicted octanol–water partition coefficient (Wildman–Crippen LogP) is 3.23. The number of likely N-dealkylation sites (tertiary alicyclic amines) is 1. The topological polar surface area (TPSA) is 32.3 Å². The van der Waals surface area contributed by atoms with Crippen LogP contribution in [0.5, 0.6) is 0 Å². The van der Waals surface area contributed by atoms with Gasteiger partial charge in [0.15, 0.2) is 0 Å². The first-order valence-electron chi connectivity index (χ1n) is 7.86. The molecule has 0 radical (unpaired) electrons. The molecule has 3 nitrogen and oxygen atoms in total. The minimum Gasteiger partial charge on any atom is -0.343 e. The van der Waals surface area contributed by atoms with Gasteiger partial charge in [0.25, 0.3) is 0 Å². The maximum atomic E-state index is 12.3.